The summed E-state index contributed by atoms with van der Waals surface area (Å²) in [5, 5.41) is 2.20. The van der Waals surface area contributed by atoms with Crippen LogP contribution in [0.4, 0.5) is 0 Å². The van der Waals surface area contributed by atoms with Crippen molar-refractivity contribution < 1.29 is 4.79 Å². The van der Waals surface area contributed by atoms with Crippen LogP contribution in [0.1, 0.15) is 35.0 Å². The standard InChI is InChI=1S/C13H18ClNOS/c1-9-5-8-17-12(9)13(16)15-6-3-11(4-7-15)10(2)14/h5,8,10-11H,3-4,6-7H2,1-2H3. The van der Waals surface area contributed by atoms with Crippen molar-refractivity contribution in [1.82, 2.24) is 4.90 Å². The molecule has 1 atom stereocenters. The van der Waals surface area contributed by atoms with Crippen LogP contribution < -0.4 is 0 Å². The van der Waals surface area contributed by atoms with Crippen LogP contribution >= 0.6 is 22.9 Å². The summed E-state index contributed by atoms with van der Waals surface area (Å²) < 4.78 is 0. The summed E-state index contributed by atoms with van der Waals surface area (Å²) >= 11 is 7.65. The van der Waals surface area contributed by atoms with Gasteiger partial charge in [0.15, 0.2) is 0 Å². The Bertz CT molecular complexity index is 394. The number of thiophene rings is 1. The van der Waals surface area contributed by atoms with Gasteiger partial charge in [0.1, 0.15) is 0 Å². The van der Waals surface area contributed by atoms with E-state index >= 15 is 0 Å². The maximum absolute atomic E-state index is 12.3. The van der Waals surface area contributed by atoms with E-state index in [1.54, 1.807) is 11.3 Å². The van der Waals surface area contributed by atoms with Crippen LogP contribution in [0.5, 0.6) is 0 Å². The zero-order valence-electron chi connectivity index (χ0n) is 10.3. The molecule has 1 aromatic heterocycles. The molecule has 0 spiro atoms. The number of piperidine rings is 1. The van der Waals surface area contributed by atoms with Crippen LogP contribution in [0.3, 0.4) is 0 Å². The second-order valence-corrected chi connectivity index (χ2v) is 6.34. The maximum Gasteiger partial charge on any atom is 0.264 e. The Morgan fingerprint density at radius 2 is 2.18 bits per heavy atom. The average Bonchev–Trinajstić information content (AvgIpc) is 2.74. The van der Waals surface area contributed by atoms with Gasteiger partial charge >= 0.3 is 0 Å². The highest BCUT2D eigenvalue weighted by Crippen LogP contribution is 2.26. The monoisotopic (exact) mass is 271 g/mol. The summed E-state index contributed by atoms with van der Waals surface area (Å²) in [6.07, 6.45) is 2.06. The quantitative estimate of drug-likeness (QED) is 0.754. The summed E-state index contributed by atoms with van der Waals surface area (Å²) in [4.78, 5) is 15.1. The third-order valence-electron chi connectivity index (χ3n) is 3.53. The molecule has 0 radical (unpaired) electrons. The highest BCUT2D eigenvalue weighted by atomic mass is 35.5. The Labute approximate surface area is 112 Å². The predicted molar refractivity (Wildman–Crippen MR) is 73.0 cm³/mol. The molecule has 1 aliphatic rings. The van der Waals surface area contributed by atoms with E-state index in [9.17, 15) is 4.79 Å². The highest BCUT2D eigenvalue weighted by molar-refractivity contribution is 7.12. The number of nitrogens with zero attached hydrogens (tertiary/aromatic N) is 1. The summed E-state index contributed by atoms with van der Waals surface area (Å²) in [5.74, 6) is 0.753. The van der Waals surface area contributed by atoms with Gasteiger partial charge in [-0.1, -0.05) is 0 Å². The summed E-state index contributed by atoms with van der Waals surface area (Å²) in [5.41, 5.74) is 1.09. The normalized spacial score (nSPS) is 19.4. The van der Waals surface area contributed by atoms with E-state index in [0.29, 0.717) is 5.92 Å². The SMILES string of the molecule is Cc1ccsc1C(=O)N1CCC(C(C)Cl)CC1. The first-order chi connectivity index (χ1) is 8.09. The molecule has 0 bridgehead atoms. The molecule has 0 N–H and O–H groups in total. The fourth-order valence-corrected chi connectivity index (χ4v) is 3.44. The second kappa shape index (κ2) is 5.40. The van der Waals surface area contributed by atoms with Crippen LogP contribution in [0.15, 0.2) is 11.4 Å². The fraction of sp³-hybridized carbons (Fsp3) is 0.615. The van der Waals surface area contributed by atoms with E-state index in [1.165, 1.54) is 0 Å². The zero-order valence-corrected chi connectivity index (χ0v) is 11.9. The number of aryl methyl sites for hydroxylation is 1. The molecule has 17 heavy (non-hydrogen) atoms. The lowest BCUT2D eigenvalue weighted by Gasteiger charge is -2.33. The molecule has 0 aliphatic carbocycles. The Hall–Kier alpha value is -0.540. The van der Waals surface area contributed by atoms with Gasteiger partial charge in [-0.3, -0.25) is 4.79 Å². The molecule has 1 aromatic rings. The first-order valence-electron chi connectivity index (χ1n) is 6.07. The Morgan fingerprint density at radius 3 is 2.65 bits per heavy atom. The third-order valence-corrected chi connectivity index (χ3v) is 4.89. The molecule has 1 amide bonds. The molecule has 0 saturated carbocycles. The first kappa shape index (κ1) is 12.9. The molecule has 1 fully saturated rings. The number of carbonyl (C=O) groups is 1. The van der Waals surface area contributed by atoms with E-state index in [1.807, 2.05) is 30.2 Å². The van der Waals surface area contributed by atoms with Crippen LogP contribution in [0, 0.1) is 12.8 Å². The number of alkyl halides is 1. The molecule has 0 aromatic carbocycles. The van der Waals surface area contributed by atoms with Gasteiger partial charge < -0.3 is 4.90 Å². The molecular formula is C13H18ClNOS. The molecular weight excluding hydrogens is 254 g/mol. The zero-order chi connectivity index (χ0) is 12.4. The molecule has 1 unspecified atom stereocenters. The van der Waals surface area contributed by atoms with Gasteiger partial charge in [0.25, 0.3) is 5.91 Å². The second-order valence-electron chi connectivity index (χ2n) is 4.74. The number of likely N-dealkylation sites (tertiary alicyclic amines) is 1. The van der Waals surface area contributed by atoms with Gasteiger partial charge in [0, 0.05) is 18.5 Å². The van der Waals surface area contributed by atoms with Gasteiger partial charge in [-0.15, -0.1) is 22.9 Å². The first-order valence-corrected chi connectivity index (χ1v) is 7.38. The minimum absolute atomic E-state index is 0.193. The molecule has 2 nitrogen and oxygen atoms in total. The predicted octanol–water partition coefficient (Wildman–Crippen LogP) is 3.54. The van der Waals surface area contributed by atoms with Crippen molar-refractivity contribution in [3.8, 4) is 0 Å². The van der Waals surface area contributed by atoms with E-state index in [2.05, 4.69) is 0 Å². The number of carbonyl (C=O) groups excluding carboxylic acids is 1. The number of amides is 1. The van der Waals surface area contributed by atoms with Crippen LogP contribution in [0.25, 0.3) is 0 Å². The van der Waals surface area contributed by atoms with Crippen molar-refractivity contribution in [2.75, 3.05) is 13.1 Å². The molecule has 1 aliphatic heterocycles. The average molecular weight is 272 g/mol. The fourth-order valence-electron chi connectivity index (χ4n) is 2.30. The van der Waals surface area contributed by atoms with E-state index < -0.39 is 0 Å². The highest BCUT2D eigenvalue weighted by Gasteiger charge is 2.26. The molecule has 2 rings (SSSR count). The van der Waals surface area contributed by atoms with Gasteiger partial charge in [0.2, 0.25) is 0 Å². The number of hydrogen-bond donors (Lipinski definition) is 0. The molecule has 1 saturated heterocycles. The molecule has 94 valence electrons. The van der Waals surface area contributed by atoms with Gasteiger partial charge in [-0.2, -0.15) is 0 Å². The lowest BCUT2D eigenvalue weighted by atomic mass is 9.94. The van der Waals surface area contributed by atoms with Crippen LogP contribution in [0.2, 0.25) is 0 Å². The van der Waals surface area contributed by atoms with Crippen molar-refractivity contribution in [2.45, 2.75) is 32.1 Å². The minimum atomic E-state index is 0.193. The lowest BCUT2D eigenvalue weighted by Crippen LogP contribution is -2.39. The maximum atomic E-state index is 12.3. The third kappa shape index (κ3) is 2.83. The molecule has 4 heteroatoms. The van der Waals surface area contributed by atoms with Crippen molar-refractivity contribution in [1.29, 1.82) is 0 Å². The van der Waals surface area contributed by atoms with Crippen LogP contribution in [-0.2, 0) is 0 Å². The van der Waals surface area contributed by atoms with Crippen molar-refractivity contribution in [3.63, 3.8) is 0 Å². The largest absolute Gasteiger partial charge is 0.338 e. The lowest BCUT2D eigenvalue weighted by molar-refractivity contribution is 0.0694. The smallest absolute Gasteiger partial charge is 0.264 e. The summed E-state index contributed by atoms with van der Waals surface area (Å²) in [6.45, 7) is 5.74. The Balaban J connectivity index is 1.98. The van der Waals surface area contributed by atoms with E-state index in [-0.39, 0.29) is 11.3 Å². The molecule has 2 heterocycles. The van der Waals surface area contributed by atoms with E-state index in [0.717, 1.165) is 36.4 Å². The number of halogens is 1. The van der Waals surface area contributed by atoms with Gasteiger partial charge in [-0.05, 0) is 49.6 Å². The van der Waals surface area contributed by atoms with Gasteiger partial charge in [0.05, 0.1) is 4.88 Å². The Morgan fingerprint density at radius 1 is 1.53 bits per heavy atom. The van der Waals surface area contributed by atoms with Crippen molar-refractivity contribution in [3.05, 3.63) is 21.9 Å². The van der Waals surface area contributed by atoms with E-state index in [4.69, 9.17) is 11.6 Å². The van der Waals surface area contributed by atoms with Crippen LogP contribution in [-0.4, -0.2) is 29.3 Å². The van der Waals surface area contributed by atoms with Crippen molar-refractivity contribution in [2.24, 2.45) is 5.92 Å². The number of hydrogen-bond acceptors (Lipinski definition) is 2. The van der Waals surface area contributed by atoms with Gasteiger partial charge in [-0.25, -0.2) is 0 Å². The Kier molecular flexibility index (Phi) is 4.10. The summed E-state index contributed by atoms with van der Waals surface area (Å²) in [7, 11) is 0. The summed E-state index contributed by atoms with van der Waals surface area (Å²) in [6, 6.07) is 2.01. The minimum Gasteiger partial charge on any atom is -0.338 e. The number of rotatable bonds is 2. The van der Waals surface area contributed by atoms with Crippen molar-refractivity contribution >= 4 is 28.8 Å². The topological polar surface area (TPSA) is 20.3 Å².